The first-order chi connectivity index (χ1) is 16.2. The molecule has 0 aliphatic heterocycles. The van der Waals surface area contributed by atoms with Gasteiger partial charge in [-0.3, -0.25) is 0 Å². The zero-order valence-electron chi connectivity index (χ0n) is 19.2. The van der Waals surface area contributed by atoms with Crippen LogP contribution in [0.4, 0.5) is 22.0 Å². The lowest BCUT2D eigenvalue weighted by Crippen LogP contribution is -2.17. The minimum absolute atomic E-state index is 0.130. The summed E-state index contributed by atoms with van der Waals surface area (Å²) in [6.45, 7) is 2.23. The molecule has 182 valence electrons. The smallest absolute Gasteiger partial charge is 0.403 e. The molecule has 0 heterocycles. The van der Waals surface area contributed by atoms with Gasteiger partial charge in [-0.15, -0.1) is 13.2 Å². The van der Waals surface area contributed by atoms with Crippen molar-refractivity contribution in [2.45, 2.75) is 70.6 Å². The monoisotopic (exact) mass is 476 g/mol. The Bertz CT molecular complexity index is 1130. The van der Waals surface area contributed by atoms with Crippen LogP contribution in [-0.4, -0.2) is 6.36 Å². The molecule has 1 saturated carbocycles. The summed E-state index contributed by atoms with van der Waals surface area (Å²) in [5.41, 5.74) is 1.49. The predicted molar refractivity (Wildman–Crippen MR) is 125 cm³/mol. The Hall–Kier alpha value is -2.63. The van der Waals surface area contributed by atoms with Crippen molar-refractivity contribution >= 4 is 10.8 Å². The standard InChI is InChI=1S/C28H29F5O/c1-2-3-4-5-18-6-8-19(9-7-18)20-10-13-23-21(16-20)11-14-24(27(23)30)22-12-15-26(25(29)17-22)34-28(31,32)33/h10-19H,2-9H2,1H3/t18-,19-. The number of halogens is 5. The fourth-order valence-corrected chi connectivity index (χ4v) is 5.13. The summed E-state index contributed by atoms with van der Waals surface area (Å²) in [6, 6.07) is 12.0. The molecule has 1 nitrogen and oxygen atoms in total. The zero-order valence-corrected chi connectivity index (χ0v) is 19.2. The Morgan fingerprint density at radius 1 is 0.882 bits per heavy atom. The molecule has 0 atom stereocenters. The molecule has 0 spiro atoms. The van der Waals surface area contributed by atoms with E-state index in [-0.39, 0.29) is 11.1 Å². The Labute approximate surface area is 196 Å². The minimum atomic E-state index is -5.00. The molecule has 34 heavy (non-hydrogen) atoms. The Kier molecular flexibility index (Phi) is 7.44. The highest BCUT2D eigenvalue weighted by Gasteiger charge is 2.32. The average Bonchev–Trinajstić information content (AvgIpc) is 2.80. The number of rotatable bonds is 7. The molecule has 0 N–H and O–H groups in total. The molecular weight excluding hydrogens is 447 g/mol. The molecule has 0 amide bonds. The van der Waals surface area contributed by atoms with E-state index in [1.54, 1.807) is 18.2 Å². The molecule has 3 aromatic rings. The van der Waals surface area contributed by atoms with Crippen molar-refractivity contribution in [1.82, 2.24) is 0 Å². The lowest BCUT2D eigenvalue weighted by atomic mass is 9.76. The molecule has 3 aromatic carbocycles. The lowest BCUT2D eigenvalue weighted by Gasteiger charge is -2.29. The second-order valence-corrected chi connectivity index (χ2v) is 9.31. The molecule has 0 bridgehead atoms. The first kappa shape index (κ1) is 24.5. The fourth-order valence-electron chi connectivity index (χ4n) is 5.13. The topological polar surface area (TPSA) is 9.23 Å². The summed E-state index contributed by atoms with van der Waals surface area (Å²) in [4.78, 5) is 0. The van der Waals surface area contributed by atoms with E-state index in [9.17, 15) is 17.6 Å². The van der Waals surface area contributed by atoms with Gasteiger partial charge in [-0.25, -0.2) is 8.78 Å². The van der Waals surface area contributed by atoms with Gasteiger partial charge in [-0.2, -0.15) is 0 Å². The van der Waals surface area contributed by atoms with Crippen LogP contribution < -0.4 is 4.74 Å². The van der Waals surface area contributed by atoms with Crippen LogP contribution in [0.15, 0.2) is 48.5 Å². The van der Waals surface area contributed by atoms with E-state index in [1.807, 2.05) is 12.1 Å². The van der Waals surface area contributed by atoms with E-state index in [4.69, 9.17) is 0 Å². The molecule has 1 aliphatic rings. The summed E-state index contributed by atoms with van der Waals surface area (Å²) in [5, 5.41) is 1.17. The van der Waals surface area contributed by atoms with Gasteiger partial charge in [0.15, 0.2) is 11.6 Å². The molecule has 1 aliphatic carbocycles. The van der Waals surface area contributed by atoms with Crippen molar-refractivity contribution in [2.75, 3.05) is 0 Å². The maximum Gasteiger partial charge on any atom is 0.573 e. The minimum Gasteiger partial charge on any atom is -0.403 e. The van der Waals surface area contributed by atoms with E-state index < -0.39 is 23.7 Å². The third kappa shape index (κ3) is 5.70. The van der Waals surface area contributed by atoms with Crippen LogP contribution >= 0.6 is 0 Å². The first-order valence-corrected chi connectivity index (χ1v) is 12.0. The highest BCUT2D eigenvalue weighted by molar-refractivity contribution is 5.89. The molecule has 0 aromatic heterocycles. The summed E-state index contributed by atoms with van der Waals surface area (Å²) >= 11 is 0. The Balaban J connectivity index is 1.51. The van der Waals surface area contributed by atoms with Crippen LogP contribution in [0, 0.1) is 17.6 Å². The number of hydrogen-bond acceptors (Lipinski definition) is 1. The van der Waals surface area contributed by atoms with E-state index in [2.05, 4.69) is 11.7 Å². The van der Waals surface area contributed by atoms with Gasteiger partial charge in [-0.05, 0) is 66.2 Å². The van der Waals surface area contributed by atoms with Crippen LogP contribution in [0.2, 0.25) is 0 Å². The van der Waals surface area contributed by atoms with Gasteiger partial charge < -0.3 is 4.74 Å². The number of alkyl halides is 3. The Morgan fingerprint density at radius 2 is 1.65 bits per heavy atom. The van der Waals surface area contributed by atoms with E-state index in [1.165, 1.54) is 50.2 Å². The van der Waals surface area contributed by atoms with Crippen molar-refractivity contribution in [3.8, 4) is 16.9 Å². The molecule has 0 unspecified atom stereocenters. The largest absolute Gasteiger partial charge is 0.573 e. The molecule has 1 fully saturated rings. The third-order valence-corrected chi connectivity index (χ3v) is 6.98. The van der Waals surface area contributed by atoms with Crippen LogP contribution in [-0.2, 0) is 0 Å². The average molecular weight is 477 g/mol. The van der Waals surface area contributed by atoms with Crippen molar-refractivity contribution in [3.63, 3.8) is 0 Å². The van der Waals surface area contributed by atoms with Gasteiger partial charge in [0.05, 0.1) is 0 Å². The zero-order chi connectivity index (χ0) is 24.3. The van der Waals surface area contributed by atoms with Gasteiger partial charge in [-0.1, -0.05) is 69.0 Å². The number of fused-ring (bicyclic) bond motifs is 1. The van der Waals surface area contributed by atoms with Crippen LogP contribution in [0.25, 0.3) is 21.9 Å². The SMILES string of the molecule is CCCCC[C@H]1CC[C@H](c2ccc3c(F)c(-c4ccc(OC(F)(F)F)c(F)c4)ccc3c2)CC1. The normalized spacial score (nSPS) is 18.9. The van der Waals surface area contributed by atoms with Crippen LogP contribution in [0.3, 0.4) is 0 Å². The van der Waals surface area contributed by atoms with E-state index in [0.717, 1.165) is 36.3 Å². The molecular formula is C28H29F5O. The number of unbranched alkanes of at least 4 members (excludes halogenated alkanes) is 2. The predicted octanol–water partition coefficient (Wildman–Crippen LogP) is 9.54. The fraction of sp³-hybridized carbons (Fsp3) is 0.429. The Morgan fingerprint density at radius 3 is 2.32 bits per heavy atom. The summed E-state index contributed by atoms with van der Waals surface area (Å²) in [6.07, 6.45) is 4.94. The summed E-state index contributed by atoms with van der Waals surface area (Å²) in [7, 11) is 0. The van der Waals surface area contributed by atoms with Crippen molar-refractivity contribution in [1.29, 1.82) is 0 Å². The maximum atomic E-state index is 15.3. The van der Waals surface area contributed by atoms with Gasteiger partial charge in [0.25, 0.3) is 0 Å². The summed E-state index contributed by atoms with van der Waals surface area (Å²) in [5.74, 6) is -1.37. The number of ether oxygens (including phenoxy) is 1. The maximum absolute atomic E-state index is 15.3. The van der Waals surface area contributed by atoms with E-state index in [0.29, 0.717) is 11.3 Å². The van der Waals surface area contributed by atoms with Gasteiger partial charge in [0.1, 0.15) is 5.82 Å². The molecule has 6 heteroatoms. The van der Waals surface area contributed by atoms with Crippen molar-refractivity contribution in [3.05, 3.63) is 65.7 Å². The second kappa shape index (κ2) is 10.3. The summed E-state index contributed by atoms with van der Waals surface area (Å²) < 4.78 is 70.2. The highest BCUT2D eigenvalue weighted by atomic mass is 19.4. The van der Waals surface area contributed by atoms with Crippen molar-refractivity contribution < 1.29 is 26.7 Å². The van der Waals surface area contributed by atoms with Gasteiger partial charge >= 0.3 is 6.36 Å². The molecule has 0 radical (unpaired) electrons. The lowest BCUT2D eigenvalue weighted by molar-refractivity contribution is -0.275. The molecule has 4 rings (SSSR count). The second-order valence-electron chi connectivity index (χ2n) is 9.31. The van der Waals surface area contributed by atoms with Gasteiger partial charge in [0.2, 0.25) is 0 Å². The number of benzene rings is 3. The first-order valence-electron chi connectivity index (χ1n) is 12.0. The van der Waals surface area contributed by atoms with Crippen LogP contribution in [0.1, 0.15) is 69.8 Å². The highest BCUT2D eigenvalue weighted by Crippen LogP contribution is 2.39. The van der Waals surface area contributed by atoms with E-state index >= 15 is 4.39 Å². The van der Waals surface area contributed by atoms with Gasteiger partial charge in [0, 0.05) is 10.9 Å². The number of hydrogen-bond donors (Lipinski definition) is 0. The van der Waals surface area contributed by atoms with Crippen molar-refractivity contribution in [2.24, 2.45) is 5.92 Å². The van der Waals surface area contributed by atoms with Crippen LogP contribution in [0.5, 0.6) is 5.75 Å². The molecule has 0 saturated heterocycles. The third-order valence-electron chi connectivity index (χ3n) is 6.98. The quantitative estimate of drug-likeness (QED) is 0.244.